The van der Waals surface area contributed by atoms with Crippen molar-refractivity contribution in [1.29, 1.82) is 5.26 Å². The van der Waals surface area contributed by atoms with E-state index in [0.29, 0.717) is 24.8 Å². The lowest BCUT2D eigenvalue weighted by Gasteiger charge is -2.24. The number of nitro benzene ring substituents is 2. The lowest BCUT2D eigenvalue weighted by Crippen LogP contribution is -2.27. The Balaban J connectivity index is 2.54. The monoisotopic (exact) mass is 497 g/mol. The van der Waals surface area contributed by atoms with Crippen molar-refractivity contribution in [3.63, 3.8) is 0 Å². The Morgan fingerprint density at radius 2 is 1.86 bits per heavy atom. The molecule has 2 rings (SSSR count). The second-order valence-electron chi connectivity index (χ2n) is 7.38. The number of nitrogens with zero attached hydrogens (tertiary/aromatic N) is 6. The van der Waals surface area contributed by atoms with Gasteiger partial charge < -0.3 is 15.0 Å². The zero-order valence-corrected chi connectivity index (χ0v) is 19.8. The number of carbonyl (C=O) groups is 2. The summed E-state index contributed by atoms with van der Waals surface area (Å²) in [6, 6.07) is 8.00. The molecular weight excluding hydrogens is 474 g/mol. The van der Waals surface area contributed by atoms with Crippen LogP contribution < -0.4 is 10.2 Å². The van der Waals surface area contributed by atoms with Crippen molar-refractivity contribution in [3.05, 3.63) is 56.1 Å². The molecule has 0 fully saturated rings. The number of anilines is 2. The Morgan fingerprint density at radius 1 is 1.14 bits per heavy atom. The highest BCUT2D eigenvalue weighted by atomic mass is 16.6. The molecule has 0 spiro atoms. The molecule has 0 radical (unpaired) electrons. The fourth-order valence-electron chi connectivity index (χ4n) is 3.21. The van der Waals surface area contributed by atoms with Crippen molar-refractivity contribution in [3.8, 4) is 6.07 Å². The number of nitro groups is 2. The zero-order valence-electron chi connectivity index (χ0n) is 19.8. The molecule has 0 bridgehead atoms. The number of amides is 1. The van der Waals surface area contributed by atoms with E-state index in [1.54, 1.807) is 18.2 Å². The van der Waals surface area contributed by atoms with Crippen molar-refractivity contribution in [2.75, 3.05) is 30.4 Å². The summed E-state index contributed by atoms with van der Waals surface area (Å²) in [4.78, 5) is 46.1. The minimum absolute atomic E-state index is 0.120. The van der Waals surface area contributed by atoms with Crippen LogP contribution in [0.2, 0.25) is 0 Å². The first-order valence-electron chi connectivity index (χ1n) is 10.6. The van der Waals surface area contributed by atoms with E-state index in [2.05, 4.69) is 15.5 Å². The third-order valence-corrected chi connectivity index (χ3v) is 4.82. The number of hydrogen-bond donors (Lipinski definition) is 1. The summed E-state index contributed by atoms with van der Waals surface area (Å²) in [5.74, 6) is -0.791. The van der Waals surface area contributed by atoms with Gasteiger partial charge in [-0.15, -0.1) is 10.2 Å². The summed E-state index contributed by atoms with van der Waals surface area (Å²) in [5, 5.41) is 42.3. The van der Waals surface area contributed by atoms with Crippen molar-refractivity contribution < 1.29 is 24.2 Å². The smallest absolute Gasteiger partial charge is 0.307 e. The van der Waals surface area contributed by atoms with Crippen LogP contribution in [0.15, 0.2) is 40.6 Å². The molecule has 0 aromatic heterocycles. The number of methoxy groups -OCH3 is 1. The molecule has 0 saturated heterocycles. The molecule has 36 heavy (non-hydrogen) atoms. The molecule has 0 atom stereocenters. The summed E-state index contributed by atoms with van der Waals surface area (Å²) < 4.78 is 4.69. The Hall–Kier alpha value is -4.93. The highest BCUT2D eigenvalue weighted by Crippen LogP contribution is 2.38. The molecule has 14 heteroatoms. The van der Waals surface area contributed by atoms with E-state index < -0.39 is 38.4 Å². The van der Waals surface area contributed by atoms with Crippen molar-refractivity contribution >= 4 is 46.0 Å². The second-order valence-corrected chi connectivity index (χ2v) is 7.38. The number of carbonyl (C=O) groups excluding carboxylic acids is 2. The number of benzene rings is 2. The first-order chi connectivity index (χ1) is 17.1. The minimum Gasteiger partial charge on any atom is -0.469 e. The van der Waals surface area contributed by atoms with Crippen LogP contribution in [0, 0.1) is 31.6 Å². The van der Waals surface area contributed by atoms with Crippen LogP contribution in [0.25, 0.3) is 0 Å². The van der Waals surface area contributed by atoms with E-state index in [9.17, 15) is 35.1 Å². The average molecular weight is 497 g/mol. The summed E-state index contributed by atoms with van der Waals surface area (Å²) in [6.07, 6.45) is 0.924. The zero-order chi connectivity index (χ0) is 26.8. The van der Waals surface area contributed by atoms with Gasteiger partial charge in [-0.05, 0) is 24.6 Å². The third-order valence-electron chi connectivity index (χ3n) is 4.82. The quantitative estimate of drug-likeness (QED) is 0.201. The molecule has 2 aromatic carbocycles. The predicted octanol–water partition coefficient (Wildman–Crippen LogP) is 4.53. The van der Waals surface area contributed by atoms with E-state index >= 15 is 0 Å². The molecule has 2 aromatic rings. The number of esters is 1. The molecule has 0 aliphatic heterocycles. The number of nitriles is 1. The average Bonchev–Trinajstić information content (AvgIpc) is 2.84. The van der Waals surface area contributed by atoms with E-state index in [4.69, 9.17) is 4.74 Å². The molecule has 0 unspecified atom stereocenters. The maximum atomic E-state index is 11.8. The third kappa shape index (κ3) is 7.03. The number of hydrogen-bond acceptors (Lipinski definition) is 11. The van der Waals surface area contributed by atoms with Gasteiger partial charge in [0, 0.05) is 31.8 Å². The fourth-order valence-corrected chi connectivity index (χ4v) is 3.21. The normalized spacial score (nSPS) is 10.5. The second kappa shape index (κ2) is 12.5. The van der Waals surface area contributed by atoms with Crippen LogP contribution in [0.3, 0.4) is 0 Å². The van der Waals surface area contributed by atoms with Crippen LogP contribution in [0.4, 0.5) is 34.1 Å². The Labute approximate surface area is 205 Å². The van der Waals surface area contributed by atoms with E-state index in [0.717, 1.165) is 12.5 Å². The van der Waals surface area contributed by atoms with Crippen molar-refractivity contribution in [1.82, 2.24) is 0 Å². The molecule has 1 N–H and O–H groups in total. The lowest BCUT2D eigenvalue weighted by atomic mass is 10.1. The molecule has 188 valence electrons. The van der Waals surface area contributed by atoms with Gasteiger partial charge >= 0.3 is 11.7 Å². The topological polar surface area (TPSA) is 193 Å². The van der Waals surface area contributed by atoms with E-state index in [1.165, 1.54) is 20.1 Å². The highest BCUT2D eigenvalue weighted by Gasteiger charge is 2.24. The number of rotatable bonds is 11. The van der Waals surface area contributed by atoms with Crippen LogP contribution >= 0.6 is 0 Å². The van der Waals surface area contributed by atoms with Crippen LogP contribution in [0.5, 0.6) is 0 Å². The maximum Gasteiger partial charge on any atom is 0.307 e. The number of azo groups is 1. The lowest BCUT2D eigenvalue weighted by molar-refractivity contribution is -0.393. The predicted molar refractivity (Wildman–Crippen MR) is 129 cm³/mol. The Kier molecular flexibility index (Phi) is 9.49. The van der Waals surface area contributed by atoms with Crippen LogP contribution in [-0.2, 0) is 14.3 Å². The van der Waals surface area contributed by atoms with Gasteiger partial charge in [0.1, 0.15) is 11.8 Å². The van der Waals surface area contributed by atoms with Gasteiger partial charge in [0.2, 0.25) is 5.91 Å². The molecule has 0 heterocycles. The van der Waals surface area contributed by atoms with Gasteiger partial charge in [0.15, 0.2) is 5.69 Å². The maximum absolute atomic E-state index is 11.8. The summed E-state index contributed by atoms with van der Waals surface area (Å²) in [7, 11) is 1.30. The Morgan fingerprint density at radius 3 is 2.42 bits per heavy atom. The molecule has 0 saturated carbocycles. The molecule has 1 amide bonds. The van der Waals surface area contributed by atoms with Crippen LogP contribution in [-0.4, -0.2) is 41.9 Å². The van der Waals surface area contributed by atoms with Gasteiger partial charge in [-0.3, -0.25) is 29.8 Å². The Bertz CT molecular complexity index is 1250. The van der Waals surface area contributed by atoms with Crippen molar-refractivity contribution in [2.24, 2.45) is 10.2 Å². The van der Waals surface area contributed by atoms with Gasteiger partial charge in [-0.25, -0.2) is 0 Å². The van der Waals surface area contributed by atoms with Crippen molar-refractivity contribution in [2.45, 2.75) is 26.7 Å². The summed E-state index contributed by atoms with van der Waals surface area (Å²) in [6.45, 7) is 4.22. The molecule has 0 aliphatic rings. The largest absolute Gasteiger partial charge is 0.469 e. The summed E-state index contributed by atoms with van der Waals surface area (Å²) in [5.41, 5.74) is -1.25. The number of nitrogens with one attached hydrogen (secondary N) is 1. The first kappa shape index (κ1) is 27.3. The van der Waals surface area contributed by atoms with Gasteiger partial charge in [0.05, 0.1) is 40.7 Å². The fraction of sp³-hybridized carbons (Fsp3) is 0.318. The van der Waals surface area contributed by atoms with E-state index in [1.807, 2.05) is 11.8 Å². The molecular formula is C22H23N7O7. The molecule has 14 nitrogen and oxygen atoms in total. The van der Waals surface area contributed by atoms with Gasteiger partial charge in [0.25, 0.3) is 5.69 Å². The SMILES string of the molecule is CCCN(CCC(=O)OC)c1ccc(N=Nc2c(C#N)cc([N+](=O)[O-])cc2[N+](=O)[O-])c(NC(C)=O)c1. The standard InChI is InChI=1S/C22H23N7O7/c1-4-8-27(9-7-21(31)36-3)16-5-6-18(19(11-16)24-14(2)30)25-26-22-15(13-23)10-17(28(32)33)12-20(22)29(34)35/h5-6,10-12H,4,7-9H2,1-3H3,(H,24,30). The number of ether oxygens (including phenoxy) is 1. The minimum atomic E-state index is -0.899. The van der Waals surface area contributed by atoms with Gasteiger partial charge in [-0.2, -0.15) is 5.26 Å². The first-order valence-corrected chi connectivity index (χ1v) is 10.6. The van der Waals surface area contributed by atoms with Gasteiger partial charge in [-0.1, -0.05) is 6.92 Å². The van der Waals surface area contributed by atoms with E-state index in [-0.39, 0.29) is 23.8 Å². The summed E-state index contributed by atoms with van der Waals surface area (Å²) >= 11 is 0. The van der Waals surface area contributed by atoms with Crippen LogP contribution in [0.1, 0.15) is 32.3 Å². The highest BCUT2D eigenvalue weighted by molar-refractivity contribution is 5.93. The molecule has 0 aliphatic carbocycles. The number of non-ortho nitro benzene ring substituents is 1.